The van der Waals surface area contributed by atoms with Crippen LogP contribution in [0.2, 0.25) is 0 Å². The number of nitrogens with two attached hydrogens (primary N) is 2. The molecule has 0 spiro atoms. The number of carboxylic acids is 2. The Bertz CT molecular complexity index is 3040. The van der Waals surface area contributed by atoms with Crippen LogP contribution in [0.25, 0.3) is 21.8 Å². The molecule has 0 aliphatic heterocycles. The lowest BCUT2D eigenvalue weighted by Crippen LogP contribution is -2.62. The number of nitrogens with one attached hydrogen (secondary N) is 11. The number of aliphatic hydroxyl groups is 3. The van der Waals surface area contributed by atoms with E-state index in [2.05, 4.69) is 57.8 Å². The van der Waals surface area contributed by atoms with Gasteiger partial charge >= 0.3 is 11.9 Å². The number of H-pyrrole nitrogens is 2. The molecule has 4 rings (SSSR count). The average molecular weight is 1190 g/mol. The van der Waals surface area contributed by atoms with E-state index in [9.17, 15) is 83.1 Å². The summed E-state index contributed by atoms with van der Waals surface area (Å²) in [5.74, 6) is -14.0. The van der Waals surface area contributed by atoms with Crippen molar-refractivity contribution < 1.29 is 83.1 Å². The lowest BCUT2D eigenvalue weighted by atomic mass is 9.97. The summed E-state index contributed by atoms with van der Waals surface area (Å²) in [5, 5.41) is 72.1. The molecule has 0 unspecified atom stereocenters. The maximum Gasteiger partial charge on any atom is 0.325 e. The van der Waals surface area contributed by atoms with Crippen LogP contribution in [-0.2, 0) is 70.4 Å². The molecule has 464 valence electrons. The van der Waals surface area contributed by atoms with E-state index >= 15 is 0 Å². The molecule has 30 nitrogen and oxygen atoms in total. The van der Waals surface area contributed by atoms with Gasteiger partial charge in [-0.1, -0.05) is 70.5 Å². The third-order valence-electron chi connectivity index (χ3n) is 13.9. The van der Waals surface area contributed by atoms with Crippen molar-refractivity contribution in [2.24, 2.45) is 23.3 Å². The van der Waals surface area contributed by atoms with Crippen LogP contribution in [0.3, 0.4) is 0 Å². The summed E-state index contributed by atoms with van der Waals surface area (Å²) in [6.45, 7) is 4.82. The Morgan fingerprint density at radius 2 is 0.859 bits per heavy atom. The minimum absolute atomic E-state index is 0.0840. The Kier molecular flexibility index (Phi) is 26.4. The van der Waals surface area contributed by atoms with Crippen LogP contribution in [0.5, 0.6) is 0 Å². The van der Waals surface area contributed by atoms with Crippen molar-refractivity contribution in [3.05, 3.63) is 72.1 Å². The van der Waals surface area contributed by atoms with Crippen molar-refractivity contribution in [3.63, 3.8) is 0 Å². The number of carbonyl (C=O) groups excluding carboxylic acids is 10. The van der Waals surface area contributed by atoms with Gasteiger partial charge < -0.3 is 94.8 Å². The lowest BCUT2D eigenvalue weighted by molar-refractivity contribution is -0.142. The Morgan fingerprint density at radius 1 is 0.494 bits per heavy atom. The third kappa shape index (κ3) is 20.4. The van der Waals surface area contributed by atoms with Gasteiger partial charge in [-0.3, -0.25) is 57.5 Å². The SMILES string of the molecule is CC[C@H](C)[C@H](N)C(=O)N[C@@H](CC(C)C)C(=O)N[C@@H](CC(N)=O)C(=O)N[C@@H](Cc1c[nH]c2ccccc12)C(=O)N[C@@H](CO)C(=O)N[C@@H](CO)C(=O)N[C@@H](Cc1c[nH]c2ccccc12)C(=O)N[C@@H](CO)C(=O)N[C@@H](CCC(=O)O)C(=O)N[C@@H](C)C(=O)O. The molecule has 0 saturated carbocycles. The maximum atomic E-state index is 14.4. The standard InChI is InChI=1S/C55H77N13O17/c1-6-27(4)45(57)54(83)65-36(17-26(2)3)47(76)64-39(20-43(56)72)50(79)62-37(18-29-21-58-33-13-9-7-11-31(29)33)48(77)67-42(25-71)53(82)68-41(24-70)52(81)63-38(19-30-22-59-34-14-10-8-12-32(30)34)49(78)66-40(23-69)51(80)61-35(15-16-44(73)74)46(75)60-28(5)55(84)85/h7-14,21-22,26-28,35-42,45,58-59,69-71H,6,15-20,23-25,57H2,1-5H3,(H2,56,72)(H,60,75)(H,61,80)(H,62,79)(H,63,81)(H,64,76)(H,65,83)(H,66,78)(H,67,77)(H,68,82)(H,73,74)(H,84,85)/t27-,28-,35-,36-,37-,38-,39-,40-,41-,42-,45-/m0/s1. The van der Waals surface area contributed by atoms with Gasteiger partial charge in [-0.15, -0.1) is 0 Å². The molecule has 20 N–H and O–H groups in total. The first-order chi connectivity index (χ1) is 40.2. The highest BCUT2D eigenvalue weighted by Gasteiger charge is 2.37. The predicted molar refractivity (Wildman–Crippen MR) is 304 cm³/mol. The summed E-state index contributed by atoms with van der Waals surface area (Å²) in [6, 6.07) is -2.50. The molecule has 11 atom stereocenters. The fourth-order valence-corrected chi connectivity index (χ4v) is 8.75. The van der Waals surface area contributed by atoms with E-state index in [1.165, 1.54) is 6.20 Å². The van der Waals surface area contributed by atoms with Crippen LogP contribution in [0.1, 0.15) is 77.8 Å². The molecule has 0 fully saturated rings. The summed E-state index contributed by atoms with van der Waals surface area (Å²) < 4.78 is 0. The van der Waals surface area contributed by atoms with E-state index in [4.69, 9.17) is 11.5 Å². The Balaban J connectivity index is 1.59. The summed E-state index contributed by atoms with van der Waals surface area (Å²) >= 11 is 0. The molecule has 0 bridgehead atoms. The van der Waals surface area contributed by atoms with Gasteiger partial charge in [0.2, 0.25) is 59.1 Å². The van der Waals surface area contributed by atoms with Gasteiger partial charge in [0.25, 0.3) is 0 Å². The second-order valence-corrected chi connectivity index (χ2v) is 20.9. The van der Waals surface area contributed by atoms with E-state index < -0.39 is 171 Å². The lowest BCUT2D eigenvalue weighted by Gasteiger charge is -2.28. The van der Waals surface area contributed by atoms with Crippen LogP contribution in [-0.4, -0.2) is 187 Å². The number of fused-ring (bicyclic) bond motifs is 2. The summed E-state index contributed by atoms with van der Waals surface area (Å²) in [5.41, 5.74) is 13.8. The molecular weight excluding hydrogens is 1110 g/mol. The Morgan fingerprint density at radius 3 is 1.26 bits per heavy atom. The summed E-state index contributed by atoms with van der Waals surface area (Å²) in [4.78, 5) is 165. The summed E-state index contributed by atoms with van der Waals surface area (Å²) in [6.07, 6.45) is 1.03. The monoisotopic (exact) mass is 1190 g/mol. The number of aliphatic carboxylic acids is 2. The van der Waals surface area contributed by atoms with E-state index in [-0.39, 0.29) is 31.1 Å². The fourth-order valence-electron chi connectivity index (χ4n) is 8.75. The topological polar surface area (TPSA) is 498 Å². The molecule has 0 saturated heterocycles. The van der Waals surface area contributed by atoms with Crippen molar-refractivity contribution in [3.8, 4) is 0 Å². The number of aliphatic hydroxyl groups excluding tert-OH is 3. The molecule has 2 heterocycles. The quantitative estimate of drug-likeness (QED) is 0.0209. The molecule has 0 radical (unpaired) electrons. The highest BCUT2D eigenvalue weighted by atomic mass is 16.4. The molecule has 2 aromatic heterocycles. The van der Waals surface area contributed by atoms with Gasteiger partial charge in [-0.25, -0.2) is 0 Å². The molecule has 0 aliphatic rings. The minimum Gasteiger partial charge on any atom is -0.481 e. The van der Waals surface area contributed by atoms with Crippen LogP contribution in [0.15, 0.2) is 60.9 Å². The van der Waals surface area contributed by atoms with E-state index in [1.807, 2.05) is 6.92 Å². The molecule has 2 aromatic carbocycles. The van der Waals surface area contributed by atoms with Crippen LogP contribution < -0.4 is 59.3 Å². The zero-order valence-corrected chi connectivity index (χ0v) is 47.6. The number of benzene rings is 2. The second kappa shape index (κ2) is 32.7. The second-order valence-electron chi connectivity index (χ2n) is 20.9. The number of primary amides is 1. The first-order valence-electron chi connectivity index (χ1n) is 27.4. The highest BCUT2D eigenvalue weighted by molar-refractivity contribution is 6.00. The van der Waals surface area contributed by atoms with Gasteiger partial charge in [0.05, 0.1) is 32.3 Å². The van der Waals surface area contributed by atoms with Crippen molar-refractivity contribution >= 4 is 92.8 Å². The van der Waals surface area contributed by atoms with Crippen LogP contribution in [0.4, 0.5) is 0 Å². The molecule has 30 heteroatoms. The number of para-hydroxylation sites is 2. The largest absolute Gasteiger partial charge is 0.481 e. The van der Waals surface area contributed by atoms with E-state index in [0.29, 0.717) is 39.4 Å². The normalized spacial score (nSPS) is 15.2. The fraction of sp³-hybridized carbons (Fsp3) is 0.491. The van der Waals surface area contributed by atoms with E-state index in [0.717, 1.165) is 6.92 Å². The number of aromatic nitrogens is 2. The van der Waals surface area contributed by atoms with Gasteiger partial charge in [-0.05, 0) is 54.9 Å². The average Bonchev–Trinajstić information content (AvgIpc) is 4.01. The van der Waals surface area contributed by atoms with Gasteiger partial charge in [0.1, 0.15) is 54.4 Å². The van der Waals surface area contributed by atoms with Crippen LogP contribution >= 0.6 is 0 Å². The zero-order chi connectivity index (χ0) is 63.2. The van der Waals surface area contributed by atoms with Crippen LogP contribution in [0, 0.1) is 11.8 Å². The highest BCUT2D eigenvalue weighted by Crippen LogP contribution is 2.21. The number of rotatable bonds is 35. The minimum atomic E-state index is -1.94. The Labute approximate surface area is 487 Å². The number of carboxylic acid groups (broad SMARTS) is 2. The number of hydrogen-bond acceptors (Lipinski definition) is 16. The summed E-state index contributed by atoms with van der Waals surface area (Å²) in [7, 11) is 0. The van der Waals surface area contributed by atoms with Crippen molar-refractivity contribution in [1.82, 2.24) is 57.8 Å². The van der Waals surface area contributed by atoms with Gasteiger partial charge in [0.15, 0.2) is 0 Å². The smallest absolute Gasteiger partial charge is 0.325 e. The first-order valence-corrected chi connectivity index (χ1v) is 27.4. The zero-order valence-electron chi connectivity index (χ0n) is 47.6. The van der Waals surface area contributed by atoms with Crippen molar-refractivity contribution in [2.45, 2.75) is 140 Å². The number of carbonyl (C=O) groups is 12. The van der Waals surface area contributed by atoms with Gasteiger partial charge in [0, 0.05) is 53.5 Å². The predicted octanol–water partition coefficient (Wildman–Crippen LogP) is -3.96. The molecule has 85 heavy (non-hydrogen) atoms. The number of amides is 10. The first kappa shape index (κ1) is 68.5. The van der Waals surface area contributed by atoms with E-state index in [1.54, 1.807) is 75.5 Å². The maximum absolute atomic E-state index is 14.4. The molecular formula is C55H77N13O17. The third-order valence-corrected chi connectivity index (χ3v) is 13.9. The number of hydrogen-bond donors (Lipinski definition) is 18. The van der Waals surface area contributed by atoms with Crippen molar-refractivity contribution in [2.75, 3.05) is 19.8 Å². The molecule has 10 amide bonds. The van der Waals surface area contributed by atoms with Gasteiger partial charge in [-0.2, -0.15) is 0 Å². The van der Waals surface area contributed by atoms with Crippen molar-refractivity contribution in [1.29, 1.82) is 0 Å². The number of aromatic amines is 2. The molecule has 0 aliphatic carbocycles. The Hall–Kier alpha value is -9.00. The molecule has 4 aromatic rings.